The van der Waals surface area contributed by atoms with E-state index in [2.05, 4.69) is 10.5 Å². The van der Waals surface area contributed by atoms with Crippen molar-refractivity contribution in [3.05, 3.63) is 63.9 Å². The summed E-state index contributed by atoms with van der Waals surface area (Å²) in [6, 6.07) is 10.4. The lowest BCUT2D eigenvalue weighted by Crippen LogP contribution is -1.94. The first-order chi connectivity index (χ1) is 9.08. The van der Waals surface area contributed by atoms with Crippen LogP contribution in [0.3, 0.4) is 0 Å². The molecule has 0 atom stereocenters. The maximum atomic E-state index is 13.5. The molecule has 0 bridgehead atoms. The fraction of sp³-hybridized carbons (Fsp3) is 0.133. The SMILES string of the molecule is Cc1ccc(N/N=C/c2c(F)cccc2Cl)cc1C. The minimum Gasteiger partial charge on any atom is -0.278 e. The molecule has 0 heterocycles. The van der Waals surface area contributed by atoms with Crippen molar-refractivity contribution in [2.24, 2.45) is 5.10 Å². The van der Waals surface area contributed by atoms with Gasteiger partial charge in [-0.3, -0.25) is 5.43 Å². The molecule has 0 spiro atoms. The van der Waals surface area contributed by atoms with Crippen LogP contribution in [0, 0.1) is 19.7 Å². The molecule has 2 aromatic rings. The molecule has 0 fully saturated rings. The van der Waals surface area contributed by atoms with Gasteiger partial charge in [0, 0.05) is 5.56 Å². The molecule has 0 unspecified atom stereocenters. The Morgan fingerprint density at radius 3 is 2.63 bits per heavy atom. The fourth-order valence-corrected chi connectivity index (χ4v) is 1.83. The molecule has 0 aliphatic heterocycles. The topological polar surface area (TPSA) is 24.4 Å². The van der Waals surface area contributed by atoms with Crippen molar-refractivity contribution >= 4 is 23.5 Å². The number of rotatable bonds is 3. The van der Waals surface area contributed by atoms with Crippen molar-refractivity contribution in [2.75, 3.05) is 5.43 Å². The molecule has 4 heteroatoms. The first-order valence-electron chi connectivity index (χ1n) is 5.88. The molecule has 1 N–H and O–H groups in total. The third-order valence-corrected chi connectivity index (χ3v) is 3.22. The zero-order valence-corrected chi connectivity index (χ0v) is 11.5. The number of hydrogen-bond acceptors (Lipinski definition) is 2. The van der Waals surface area contributed by atoms with Crippen molar-refractivity contribution in [1.82, 2.24) is 0 Å². The molecule has 0 saturated carbocycles. The van der Waals surface area contributed by atoms with Gasteiger partial charge < -0.3 is 0 Å². The monoisotopic (exact) mass is 276 g/mol. The van der Waals surface area contributed by atoms with Crippen LogP contribution in [0.2, 0.25) is 5.02 Å². The van der Waals surface area contributed by atoms with Crippen LogP contribution in [-0.4, -0.2) is 6.21 Å². The lowest BCUT2D eigenvalue weighted by molar-refractivity contribution is 0.626. The minimum absolute atomic E-state index is 0.278. The Hall–Kier alpha value is -1.87. The predicted molar refractivity (Wildman–Crippen MR) is 78.5 cm³/mol. The molecule has 98 valence electrons. The summed E-state index contributed by atoms with van der Waals surface area (Å²) >= 11 is 5.90. The molecule has 0 saturated heterocycles. The van der Waals surface area contributed by atoms with Crippen LogP contribution in [0.5, 0.6) is 0 Å². The van der Waals surface area contributed by atoms with E-state index >= 15 is 0 Å². The van der Waals surface area contributed by atoms with E-state index in [1.54, 1.807) is 12.1 Å². The van der Waals surface area contributed by atoms with Gasteiger partial charge >= 0.3 is 0 Å². The van der Waals surface area contributed by atoms with Crippen LogP contribution < -0.4 is 5.43 Å². The highest BCUT2D eigenvalue weighted by Crippen LogP contribution is 2.17. The highest BCUT2D eigenvalue weighted by atomic mass is 35.5. The van der Waals surface area contributed by atoms with Gasteiger partial charge in [0.15, 0.2) is 0 Å². The van der Waals surface area contributed by atoms with Crippen LogP contribution in [0.1, 0.15) is 16.7 Å². The maximum absolute atomic E-state index is 13.5. The number of benzene rings is 2. The Morgan fingerprint density at radius 2 is 1.95 bits per heavy atom. The fourth-order valence-electron chi connectivity index (χ4n) is 1.62. The summed E-state index contributed by atoms with van der Waals surface area (Å²) in [5, 5.41) is 4.34. The third kappa shape index (κ3) is 3.32. The Kier molecular flexibility index (Phi) is 4.17. The van der Waals surface area contributed by atoms with Gasteiger partial charge in [0.1, 0.15) is 5.82 Å². The Balaban J connectivity index is 2.13. The molecule has 0 radical (unpaired) electrons. The van der Waals surface area contributed by atoms with E-state index in [9.17, 15) is 4.39 Å². The summed E-state index contributed by atoms with van der Waals surface area (Å²) in [6.07, 6.45) is 1.38. The highest BCUT2D eigenvalue weighted by Gasteiger charge is 2.03. The average Bonchev–Trinajstić information content (AvgIpc) is 2.37. The van der Waals surface area contributed by atoms with E-state index in [1.165, 1.54) is 23.4 Å². The smallest absolute Gasteiger partial charge is 0.133 e. The predicted octanol–water partition coefficient (Wildman–Crippen LogP) is 4.54. The zero-order chi connectivity index (χ0) is 13.8. The van der Waals surface area contributed by atoms with Crippen LogP contribution >= 0.6 is 11.6 Å². The number of anilines is 1. The summed E-state index contributed by atoms with van der Waals surface area (Å²) in [4.78, 5) is 0. The highest BCUT2D eigenvalue weighted by molar-refractivity contribution is 6.33. The summed E-state index contributed by atoms with van der Waals surface area (Å²) in [7, 11) is 0. The largest absolute Gasteiger partial charge is 0.278 e. The molecule has 0 aliphatic carbocycles. The van der Waals surface area contributed by atoms with Crippen molar-refractivity contribution in [1.29, 1.82) is 0 Å². The standard InChI is InChI=1S/C15H14ClFN2/c1-10-6-7-12(8-11(10)2)19-18-9-13-14(16)4-3-5-15(13)17/h3-9,19H,1-2H3/b18-9+. The number of hydrazone groups is 1. The van der Waals surface area contributed by atoms with Gasteiger partial charge in [0.25, 0.3) is 0 Å². The van der Waals surface area contributed by atoms with Crippen molar-refractivity contribution in [2.45, 2.75) is 13.8 Å². The first-order valence-corrected chi connectivity index (χ1v) is 6.26. The third-order valence-electron chi connectivity index (χ3n) is 2.89. The van der Waals surface area contributed by atoms with Gasteiger partial charge in [-0.15, -0.1) is 0 Å². The molecule has 19 heavy (non-hydrogen) atoms. The second-order valence-electron chi connectivity index (χ2n) is 4.30. The Labute approximate surface area is 116 Å². The van der Waals surface area contributed by atoms with Gasteiger partial charge in [0.2, 0.25) is 0 Å². The van der Waals surface area contributed by atoms with Crippen LogP contribution in [-0.2, 0) is 0 Å². The molecular weight excluding hydrogens is 263 g/mol. The van der Waals surface area contributed by atoms with Crippen LogP contribution in [0.25, 0.3) is 0 Å². The second-order valence-corrected chi connectivity index (χ2v) is 4.71. The number of aryl methyl sites for hydroxylation is 2. The van der Waals surface area contributed by atoms with Crippen LogP contribution in [0.15, 0.2) is 41.5 Å². The average molecular weight is 277 g/mol. The molecule has 2 aromatic carbocycles. The second kappa shape index (κ2) is 5.85. The van der Waals surface area contributed by atoms with Gasteiger partial charge in [-0.05, 0) is 49.2 Å². The number of hydrogen-bond donors (Lipinski definition) is 1. The number of nitrogens with zero attached hydrogens (tertiary/aromatic N) is 1. The molecule has 0 amide bonds. The zero-order valence-electron chi connectivity index (χ0n) is 10.7. The van der Waals surface area contributed by atoms with Gasteiger partial charge in [0.05, 0.1) is 16.9 Å². The Morgan fingerprint density at radius 1 is 1.16 bits per heavy atom. The summed E-state index contributed by atoms with van der Waals surface area (Å²) in [5.41, 5.74) is 6.38. The van der Waals surface area contributed by atoms with Crippen molar-refractivity contribution in [3.63, 3.8) is 0 Å². The summed E-state index contributed by atoms with van der Waals surface area (Å²) < 4.78 is 13.5. The van der Waals surface area contributed by atoms with Gasteiger partial charge in [-0.2, -0.15) is 5.10 Å². The van der Waals surface area contributed by atoms with Crippen LogP contribution in [0.4, 0.5) is 10.1 Å². The summed E-state index contributed by atoms with van der Waals surface area (Å²) in [6.45, 7) is 4.07. The van der Waals surface area contributed by atoms with E-state index in [-0.39, 0.29) is 5.56 Å². The van der Waals surface area contributed by atoms with E-state index in [1.807, 2.05) is 32.0 Å². The van der Waals surface area contributed by atoms with Crippen molar-refractivity contribution in [3.8, 4) is 0 Å². The lowest BCUT2D eigenvalue weighted by Gasteiger charge is -2.04. The normalized spacial score (nSPS) is 10.9. The van der Waals surface area contributed by atoms with E-state index in [0.717, 1.165) is 5.69 Å². The van der Waals surface area contributed by atoms with E-state index in [4.69, 9.17) is 11.6 Å². The first kappa shape index (κ1) is 13.6. The molecular formula is C15H14ClFN2. The molecule has 0 aromatic heterocycles. The molecule has 2 nitrogen and oxygen atoms in total. The van der Waals surface area contributed by atoms with E-state index in [0.29, 0.717) is 5.02 Å². The molecule has 2 rings (SSSR count). The summed E-state index contributed by atoms with van der Waals surface area (Å²) in [5.74, 6) is -0.391. The number of nitrogens with one attached hydrogen (secondary N) is 1. The number of halogens is 2. The van der Waals surface area contributed by atoms with Gasteiger partial charge in [-0.25, -0.2) is 4.39 Å². The Bertz CT molecular complexity index is 603. The quantitative estimate of drug-likeness (QED) is 0.646. The van der Waals surface area contributed by atoms with Crippen molar-refractivity contribution < 1.29 is 4.39 Å². The lowest BCUT2D eigenvalue weighted by atomic mass is 10.1. The molecule has 0 aliphatic rings. The van der Waals surface area contributed by atoms with E-state index < -0.39 is 5.82 Å². The van der Waals surface area contributed by atoms with Gasteiger partial charge in [-0.1, -0.05) is 23.7 Å². The maximum Gasteiger partial charge on any atom is 0.133 e. The minimum atomic E-state index is -0.391.